The molecule has 2 heterocycles. The molecule has 0 fully saturated rings. The minimum Gasteiger partial charge on any atom is -0.341 e. The highest BCUT2D eigenvalue weighted by Crippen LogP contribution is 2.33. The van der Waals surface area contributed by atoms with Gasteiger partial charge >= 0.3 is 0 Å². The number of fused-ring (bicyclic) bond motifs is 1. The van der Waals surface area contributed by atoms with E-state index in [0.717, 1.165) is 41.8 Å². The summed E-state index contributed by atoms with van der Waals surface area (Å²) in [4.78, 5) is 11.0. The molecule has 15 heavy (non-hydrogen) atoms. The standard InChI is InChI=1S/C10H14ClN3S/c1-3-14(4-2)10-12-8-6-15-5-7(8)9(11)13-10/h3-6H2,1-2H3. The zero-order chi connectivity index (χ0) is 10.8. The second-order valence-corrected chi connectivity index (χ2v) is 4.75. The molecule has 0 bridgehead atoms. The number of hydrogen-bond acceptors (Lipinski definition) is 4. The van der Waals surface area contributed by atoms with Crippen LogP contribution in [0.5, 0.6) is 0 Å². The Balaban J connectivity index is 2.38. The molecule has 0 amide bonds. The van der Waals surface area contributed by atoms with E-state index in [1.165, 1.54) is 0 Å². The van der Waals surface area contributed by atoms with Gasteiger partial charge in [-0.05, 0) is 13.8 Å². The molecule has 82 valence electrons. The van der Waals surface area contributed by atoms with E-state index in [0.29, 0.717) is 5.15 Å². The van der Waals surface area contributed by atoms with Crippen molar-refractivity contribution in [2.75, 3.05) is 18.0 Å². The fraction of sp³-hybridized carbons (Fsp3) is 0.600. The van der Waals surface area contributed by atoms with Gasteiger partial charge in [-0.3, -0.25) is 0 Å². The molecule has 1 aromatic rings. The highest BCUT2D eigenvalue weighted by atomic mass is 35.5. The van der Waals surface area contributed by atoms with Crippen molar-refractivity contribution >= 4 is 29.3 Å². The average molecular weight is 244 g/mol. The highest BCUT2D eigenvalue weighted by molar-refractivity contribution is 7.98. The van der Waals surface area contributed by atoms with Crippen molar-refractivity contribution in [2.24, 2.45) is 0 Å². The van der Waals surface area contributed by atoms with Crippen molar-refractivity contribution in [1.29, 1.82) is 0 Å². The van der Waals surface area contributed by atoms with Crippen molar-refractivity contribution < 1.29 is 0 Å². The van der Waals surface area contributed by atoms with E-state index in [1.54, 1.807) is 0 Å². The van der Waals surface area contributed by atoms with E-state index in [1.807, 2.05) is 11.8 Å². The summed E-state index contributed by atoms with van der Waals surface area (Å²) in [7, 11) is 0. The third-order valence-electron chi connectivity index (χ3n) is 2.56. The van der Waals surface area contributed by atoms with Gasteiger partial charge in [0.15, 0.2) is 0 Å². The van der Waals surface area contributed by atoms with Crippen LogP contribution in [-0.2, 0) is 11.5 Å². The molecule has 1 aromatic heterocycles. The van der Waals surface area contributed by atoms with E-state index in [-0.39, 0.29) is 0 Å². The van der Waals surface area contributed by atoms with Gasteiger partial charge in [0.1, 0.15) is 5.15 Å². The van der Waals surface area contributed by atoms with E-state index >= 15 is 0 Å². The van der Waals surface area contributed by atoms with Gasteiger partial charge in [-0.15, -0.1) is 0 Å². The molecule has 0 aliphatic carbocycles. The maximum atomic E-state index is 6.14. The zero-order valence-electron chi connectivity index (χ0n) is 8.96. The molecule has 2 rings (SSSR count). The summed E-state index contributed by atoms with van der Waals surface area (Å²) in [6, 6.07) is 0. The molecule has 0 aromatic carbocycles. The largest absolute Gasteiger partial charge is 0.341 e. The number of nitrogens with zero attached hydrogens (tertiary/aromatic N) is 3. The maximum Gasteiger partial charge on any atom is 0.227 e. The van der Waals surface area contributed by atoms with Crippen LogP contribution in [0.4, 0.5) is 5.95 Å². The predicted octanol–water partition coefficient (Wildman–Crippen LogP) is 2.72. The van der Waals surface area contributed by atoms with Crippen molar-refractivity contribution in [3.05, 3.63) is 16.4 Å². The maximum absolute atomic E-state index is 6.14. The van der Waals surface area contributed by atoms with Crippen LogP contribution in [0.3, 0.4) is 0 Å². The molecule has 0 saturated carbocycles. The average Bonchev–Trinajstić information content (AvgIpc) is 2.68. The number of thioether (sulfide) groups is 1. The van der Waals surface area contributed by atoms with Crippen LogP contribution in [0.25, 0.3) is 0 Å². The second-order valence-electron chi connectivity index (χ2n) is 3.40. The van der Waals surface area contributed by atoms with Crippen LogP contribution in [0.1, 0.15) is 25.1 Å². The van der Waals surface area contributed by atoms with Crippen LogP contribution in [0.15, 0.2) is 0 Å². The van der Waals surface area contributed by atoms with Crippen LogP contribution < -0.4 is 4.90 Å². The Morgan fingerprint density at radius 2 is 2.00 bits per heavy atom. The molecule has 0 spiro atoms. The Morgan fingerprint density at radius 3 is 2.67 bits per heavy atom. The lowest BCUT2D eigenvalue weighted by atomic mass is 10.3. The molecule has 0 unspecified atom stereocenters. The molecular weight excluding hydrogens is 230 g/mol. The minimum absolute atomic E-state index is 0.631. The molecule has 1 aliphatic rings. The normalized spacial score (nSPS) is 14.1. The van der Waals surface area contributed by atoms with Crippen molar-refractivity contribution in [1.82, 2.24) is 9.97 Å². The molecular formula is C10H14ClN3S. The SMILES string of the molecule is CCN(CC)c1nc(Cl)c2c(n1)CSC2. The zero-order valence-corrected chi connectivity index (χ0v) is 10.5. The summed E-state index contributed by atoms with van der Waals surface area (Å²) in [6.07, 6.45) is 0. The van der Waals surface area contributed by atoms with Crippen molar-refractivity contribution in [3.8, 4) is 0 Å². The predicted molar refractivity (Wildman–Crippen MR) is 65.6 cm³/mol. The Bertz CT molecular complexity index is 366. The number of rotatable bonds is 3. The van der Waals surface area contributed by atoms with Crippen LogP contribution in [0, 0.1) is 0 Å². The van der Waals surface area contributed by atoms with Crippen molar-refractivity contribution in [2.45, 2.75) is 25.4 Å². The van der Waals surface area contributed by atoms with Crippen LogP contribution >= 0.6 is 23.4 Å². The number of hydrogen-bond donors (Lipinski definition) is 0. The summed E-state index contributed by atoms with van der Waals surface area (Å²) >= 11 is 7.99. The smallest absolute Gasteiger partial charge is 0.227 e. The van der Waals surface area contributed by atoms with Crippen LogP contribution in [0.2, 0.25) is 5.15 Å². The van der Waals surface area contributed by atoms with Gasteiger partial charge in [0.05, 0.1) is 5.69 Å². The topological polar surface area (TPSA) is 29.0 Å². The molecule has 0 N–H and O–H groups in total. The molecule has 0 atom stereocenters. The Hall–Kier alpha value is -0.480. The van der Waals surface area contributed by atoms with E-state index in [4.69, 9.17) is 11.6 Å². The number of anilines is 1. The third-order valence-corrected chi connectivity index (χ3v) is 3.84. The monoisotopic (exact) mass is 243 g/mol. The highest BCUT2D eigenvalue weighted by Gasteiger charge is 2.19. The van der Waals surface area contributed by atoms with Gasteiger partial charge < -0.3 is 4.90 Å². The third kappa shape index (κ3) is 2.06. The molecule has 3 nitrogen and oxygen atoms in total. The molecule has 1 aliphatic heterocycles. The number of halogens is 1. The van der Waals surface area contributed by atoms with E-state index in [2.05, 4.69) is 28.7 Å². The Labute approximate surface area is 99.2 Å². The summed E-state index contributed by atoms with van der Waals surface area (Å²) < 4.78 is 0. The lowest BCUT2D eigenvalue weighted by molar-refractivity contribution is 0.813. The lowest BCUT2D eigenvalue weighted by Crippen LogP contribution is -2.24. The molecule has 0 saturated heterocycles. The lowest BCUT2D eigenvalue weighted by Gasteiger charge is -2.19. The van der Waals surface area contributed by atoms with Gasteiger partial charge in [0, 0.05) is 30.2 Å². The van der Waals surface area contributed by atoms with Gasteiger partial charge in [-0.25, -0.2) is 9.97 Å². The second kappa shape index (κ2) is 4.58. The quantitative estimate of drug-likeness (QED) is 0.764. The fourth-order valence-corrected chi connectivity index (χ4v) is 3.02. The number of aromatic nitrogens is 2. The van der Waals surface area contributed by atoms with Gasteiger partial charge in [-0.2, -0.15) is 11.8 Å². The molecule has 5 heteroatoms. The first-order valence-corrected chi connectivity index (χ1v) is 6.67. The van der Waals surface area contributed by atoms with Gasteiger partial charge in [0.25, 0.3) is 0 Å². The summed E-state index contributed by atoms with van der Waals surface area (Å²) in [5.74, 6) is 2.68. The van der Waals surface area contributed by atoms with E-state index in [9.17, 15) is 0 Å². The van der Waals surface area contributed by atoms with Crippen LogP contribution in [-0.4, -0.2) is 23.1 Å². The van der Waals surface area contributed by atoms with Gasteiger partial charge in [0.2, 0.25) is 5.95 Å². The molecule has 0 radical (unpaired) electrons. The van der Waals surface area contributed by atoms with Gasteiger partial charge in [-0.1, -0.05) is 11.6 Å². The van der Waals surface area contributed by atoms with E-state index < -0.39 is 0 Å². The van der Waals surface area contributed by atoms with Crippen molar-refractivity contribution in [3.63, 3.8) is 0 Å². The summed E-state index contributed by atoms with van der Waals surface area (Å²) in [5, 5.41) is 0.631. The fourth-order valence-electron chi connectivity index (χ4n) is 1.65. The summed E-state index contributed by atoms with van der Waals surface area (Å²) in [5.41, 5.74) is 2.24. The first-order valence-electron chi connectivity index (χ1n) is 5.14. The Kier molecular flexibility index (Phi) is 3.36. The Morgan fingerprint density at radius 1 is 1.27 bits per heavy atom. The summed E-state index contributed by atoms with van der Waals surface area (Å²) in [6.45, 7) is 6.03. The first-order chi connectivity index (χ1) is 7.26. The first kappa shape index (κ1) is 11.0. The minimum atomic E-state index is 0.631.